The smallest absolute Gasteiger partial charge is 0.252 e. The number of sulfonamides is 1. The van der Waals surface area contributed by atoms with Crippen LogP contribution in [0.3, 0.4) is 0 Å². The highest BCUT2D eigenvalue weighted by Crippen LogP contribution is 2.26. The first-order valence-electron chi connectivity index (χ1n) is 11.5. The number of benzene rings is 2. The van der Waals surface area contributed by atoms with Gasteiger partial charge in [-0.15, -0.1) is 0 Å². The van der Waals surface area contributed by atoms with Crippen LogP contribution in [0.5, 0.6) is 0 Å². The summed E-state index contributed by atoms with van der Waals surface area (Å²) in [5.74, 6) is -0.241. The minimum absolute atomic E-state index is 0.174. The predicted octanol–water partition coefficient (Wildman–Crippen LogP) is 4.68. The SMILES string of the molecule is CCn1c(=NC(=O)C2CCCN(S(=O)(=O)c3ccc(C)cc3)C2)sc2cc(C(C)C)ccc21. The first-order valence-corrected chi connectivity index (χ1v) is 13.7. The van der Waals surface area contributed by atoms with Gasteiger partial charge in [-0.05, 0) is 62.4 Å². The molecule has 0 saturated carbocycles. The third kappa shape index (κ3) is 4.83. The van der Waals surface area contributed by atoms with Crippen LogP contribution in [-0.2, 0) is 21.4 Å². The molecule has 1 atom stereocenters. The van der Waals surface area contributed by atoms with Gasteiger partial charge in [0.1, 0.15) is 0 Å². The molecular formula is C25H31N3O3S2. The van der Waals surface area contributed by atoms with Crippen LogP contribution in [0.2, 0.25) is 0 Å². The third-order valence-electron chi connectivity index (χ3n) is 6.29. The van der Waals surface area contributed by atoms with Crippen molar-refractivity contribution < 1.29 is 13.2 Å². The van der Waals surface area contributed by atoms with Crippen LogP contribution in [-0.4, -0.2) is 36.3 Å². The molecule has 1 fully saturated rings. The highest BCUT2D eigenvalue weighted by atomic mass is 32.2. The zero-order valence-corrected chi connectivity index (χ0v) is 21.2. The monoisotopic (exact) mass is 485 g/mol. The summed E-state index contributed by atoms with van der Waals surface area (Å²) >= 11 is 1.52. The van der Waals surface area contributed by atoms with E-state index in [-0.39, 0.29) is 17.3 Å². The minimum atomic E-state index is -3.63. The number of aromatic nitrogens is 1. The molecule has 0 N–H and O–H groups in total. The quantitative estimate of drug-likeness (QED) is 0.527. The fourth-order valence-corrected chi connectivity index (χ4v) is 6.92. The van der Waals surface area contributed by atoms with Crippen LogP contribution in [0.15, 0.2) is 52.4 Å². The van der Waals surface area contributed by atoms with E-state index in [0.29, 0.717) is 36.7 Å². The van der Waals surface area contributed by atoms with Crippen LogP contribution in [0.1, 0.15) is 50.7 Å². The zero-order valence-electron chi connectivity index (χ0n) is 19.6. The molecule has 1 amide bonds. The molecule has 6 nitrogen and oxygen atoms in total. The van der Waals surface area contributed by atoms with E-state index in [1.807, 2.05) is 13.8 Å². The molecule has 1 unspecified atom stereocenters. The van der Waals surface area contributed by atoms with E-state index in [0.717, 1.165) is 15.8 Å². The Morgan fingerprint density at radius 3 is 2.58 bits per heavy atom. The standard InChI is InChI=1S/C25H31N3O3S2/c1-5-28-22-13-10-19(17(2)3)15-23(22)32-25(28)26-24(29)20-7-6-14-27(16-20)33(30,31)21-11-8-18(4)9-12-21/h8-13,15,17,20H,5-7,14,16H2,1-4H3. The fraction of sp³-hybridized carbons (Fsp3) is 0.440. The van der Waals surface area contributed by atoms with Crippen molar-refractivity contribution in [2.75, 3.05) is 13.1 Å². The van der Waals surface area contributed by atoms with Crippen molar-refractivity contribution in [3.63, 3.8) is 0 Å². The number of carbonyl (C=O) groups is 1. The van der Waals surface area contributed by atoms with Crippen LogP contribution in [0.4, 0.5) is 0 Å². The lowest BCUT2D eigenvalue weighted by atomic mass is 9.99. The average molecular weight is 486 g/mol. The zero-order chi connectivity index (χ0) is 23.8. The van der Waals surface area contributed by atoms with E-state index in [1.54, 1.807) is 24.3 Å². The summed E-state index contributed by atoms with van der Waals surface area (Å²) in [7, 11) is -3.63. The molecule has 2 heterocycles. The largest absolute Gasteiger partial charge is 0.317 e. The number of nitrogens with zero attached hydrogens (tertiary/aromatic N) is 3. The molecular weight excluding hydrogens is 454 g/mol. The molecule has 1 aliphatic heterocycles. The van der Waals surface area contributed by atoms with Gasteiger partial charge in [0.2, 0.25) is 10.0 Å². The van der Waals surface area contributed by atoms with E-state index in [4.69, 9.17) is 0 Å². The summed E-state index contributed by atoms with van der Waals surface area (Å²) in [5.41, 5.74) is 3.34. The number of hydrogen-bond donors (Lipinski definition) is 0. The maximum atomic E-state index is 13.1. The molecule has 176 valence electrons. The van der Waals surface area contributed by atoms with Crippen LogP contribution < -0.4 is 4.80 Å². The van der Waals surface area contributed by atoms with Crippen molar-refractivity contribution in [1.29, 1.82) is 0 Å². The first-order chi connectivity index (χ1) is 15.7. The molecule has 4 rings (SSSR count). The van der Waals surface area contributed by atoms with E-state index in [9.17, 15) is 13.2 Å². The van der Waals surface area contributed by atoms with Crippen molar-refractivity contribution in [2.45, 2.75) is 57.9 Å². The van der Waals surface area contributed by atoms with E-state index >= 15 is 0 Å². The lowest BCUT2D eigenvalue weighted by Gasteiger charge is -2.30. The molecule has 8 heteroatoms. The van der Waals surface area contributed by atoms with Crippen LogP contribution in [0, 0.1) is 12.8 Å². The van der Waals surface area contributed by atoms with Gasteiger partial charge < -0.3 is 4.57 Å². The number of aryl methyl sites for hydroxylation is 2. The van der Waals surface area contributed by atoms with Crippen molar-refractivity contribution in [3.05, 3.63) is 58.4 Å². The highest BCUT2D eigenvalue weighted by Gasteiger charge is 2.33. The summed E-state index contributed by atoms with van der Waals surface area (Å²) in [6.07, 6.45) is 1.30. The minimum Gasteiger partial charge on any atom is -0.317 e. The number of piperidine rings is 1. The van der Waals surface area contributed by atoms with Gasteiger partial charge in [0.15, 0.2) is 4.80 Å². The Labute approximate surface area is 199 Å². The lowest BCUT2D eigenvalue weighted by molar-refractivity contribution is -0.122. The van der Waals surface area contributed by atoms with Crippen molar-refractivity contribution in [1.82, 2.24) is 8.87 Å². The maximum Gasteiger partial charge on any atom is 0.252 e. The van der Waals surface area contributed by atoms with Gasteiger partial charge in [-0.3, -0.25) is 4.79 Å². The summed E-state index contributed by atoms with van der Waals surface area (Å²) in [6.45, 7) is 9.61. The van der Waals surface area contributed by atoms with Crippen LogP contribution >= 0.6 is 11.3 Å². The van der Waals surface area contributed by atoms with Gasteiger partial charge in [0, 0.05) is 19.6 Å². The Morgan fingerprint density at radius 1 is 1.18 bits per heavy atom. The fourth-order valence-electron chi connectivity index (χ4n) is 4.25. The Bertz CT molecular complexity index is 1340. The van der Waals surface area contributed by atoms with E-state index < -0.39 is 15.9 Å². The second-order valence-electron chi connectivity index (χ2n) is 8.98. The molecule has 0 radical (unpaired) electrons. The Kier molecular flexibility index (Phi) is 6.88. The molecule has 2 aromatic carbocycles. The lowest BCUT2D eigenvalue weighted by Crippen LogP contribution is -2.42. The second kappa shape index (κ2) is 9.52. The van der Waals surface area contributed by atoms with Gasteiger partial charge in [-0.1, -0.05) is 48.9 Å². The van der Waals surface area contributed by atoms with Crippen LogP contribution in [0.25, 0.3) is 10.2 Å². The Hall–Kier alpha value is -2.29. The first kappa shape index (κ1) is 23.9. The van der Waals surface area contributed by atoms with Gasteiger partial charge in [0.05, 0.1) is 21.0 Å². The topological polar surface area (TPSA) is 71.7 Å². The molecule has 1 saturated heterocycles. The van der Waals surface area contributed by atoms with Gasteiger partial charge >= 0.3 is 0 Å². The molecule has 3 aromatic rings. The predicted molar refractivity (Wildman–Crippen MR) is 133 cm³/mol. The van der Waals surface area contributed by atoms with Gasteiger partial charge in [-0.25, -0.2) is 8.42 Å². The summed E-state index contributed by atoms with van der Waals surface area (Å²) in [6, 6.07) is 13.3. The number of carbonyl (C=O) groups excluding carboxylic acids is 1. The number of fused-ring (bicyclic) bond motifs is 1. The number of thiazole rings is 1. The van der Waals surface area contributed by atoms with Crippen molar-refractivity contribution in [2.24, 2.45) is 10.9 Å². The number of hydrogen-bond acceptors (Lipinski definition) is 4. The highest BCUT2D eigenvalue weighted by molar-refractivity contribution is 7.89. The summed E-state index contributed by atoms with van der Waals surface area (Å²) in [5, 5.41) is 0. The van der Waals surface area contributed by atoms with Gasteiger partial charge in [0.25, 0.3) is 5.91 Å². The van der Waals surface area contributed by atoms with Crippen molar-refractivity contribution >= 4 is 37.5 Å². The molecule has 1 aliphatic rings. The Morgan fingerprint density at radius 2 is 1.91 bits per heavy atom. The molecule has 1 aromatic heterocycles. The summed E-state index contributed by atoms with van der Waals surface area (Å²) in [4.78, 5) is 18.6. The maximum absolute atomic E-state index is 13.1. The van der Waals surface area contributed by atoms with Gasteiger partial charge in [-0.2, -0.15) is 9.30 Å². The molecule has 0 aliphatic carbocycles. The van der Waals surface area contributed by atoms with E-state index in [1.165, 1.54) is 21.2 Å². The van der Waals surface area contributed by atoms with E-state index in [2.05, 4.69) is 41.6 Å². The third-order valence-corrected chi connectivity index (χ3v) is 9.21. The molecule has 0 spiro atoms. The molecule has 33 heavy (non-hydrogen) atoms. The number of rotatable bonds is 5. The number of amides is 1. The average Bonchev–Trinajstić information content (AvgIpc) is 3.15. The second-order valence-corrected chi connectivity index (χ2v) is 11.9. The molecule has 0 bridgehead atoms. The van der Waals surface area contributed by atoms with Crippen molar-refractivity contribution in [3.8, 4) is 0 Å². The Balaban J connectivity index is 1.61. The normalized spacial score (nSPS) is 18.3. The summed E-state index contributed by atoms with van der Waals surface area (Å²) < 4.78 is 30.8.